The Morgan fingerprint density at radius 1 is 1.35 bits per heavy atom. The van der Waals surface area contributed by atoms with Crippen LogP contribution in [0.5, 0.6) is 0 Å². The first-order chi connectivity index (χ1) is 8.33. The zero-order valence-electron chi connectivity index (χ0n) is 9.80. The van der Waals surface area contributed by atoms with Crippen molar-refractivity contribution < 1.29 is 4.79 Å². The van der Waals surface area contributed by atoms with Gasteiger partial charge in [0, 0.05) is 31.2 Å². The molecule has 1 aliphatic carbocycles. The van der Waals surface area contributed by atoms with Gasteiger partial charge in [-0.1, -0.05) is 12.5 Å². The third-order valence-corrected chi connectivity index (χ3v) is 3.55. The Hall–Kier alpha value is -1.64. The molecule has 1 aliphatic rings. The molecule has 1 fully saturated rings. The van der Waals surface area contributed by atoms with Gasteiger partial charge in [-0.15, -0.1) is 0 Å². The fourth-order valence-electron chi connectivity index (χ4n) is 2.61. The zero-order valence-corrected chi connectivity index (χ0v) is 9.80. The van der Waals surface area contributed by atoms with Gasteiger partial charge in [0.25, 0.3) is 0 Å². The highest BCUT2D eigenvalue weighted by Gasteiger charge is 2.23. The smallest absolute Gasteiger partial charge is 0.136 e. The molecule has 1 unspecified atom stereocenters. The summed E-state index contributed by atoms with van der Waals surface area (Å²) in [5, 5.41) is 0. The van der Waals surface area contributed by atoms with Crippen LogP contribution in [0.1, 0.15) is 31.4 Å². The number of aromatic nitrogens is 2. The van der Waals surface area contributed by atoms with Gasteiger partial charge in [0.05, 0.1) is 5.69 Å². The second kappa shape index (κ2) is 4.32. The van der Waals surface area contributed by atoms with Crippen LogP contribution in [0, 0.1) is 5.92 Å². The number of pyridine rings is 1. The summed E-state index contributed by atoms with van der Waals surface area (Å²) in [5.41, 5.74) is 2.00. The molecule has 0 amide bonds. The first-order valence-electron chi connectivity index (χ1n) is 6.28. The number of nitrogens with zero attached hydrogens (tertiary/aromatic N) is 2. The van der Waals surface area contributed by atoms with Crippen LogP contribution in [-0.2, 0) is 11.2 Å². The maximum Gasteiger partial charge on any atom is 0.136 e. The molecule has 2 aromatic rings. The van der Waals surface area contributed by atoms with Gasteiger partial charge >= 0.3 is 0 Å². The first-order valence-corrected chi connectivity index (χ1v) is 6.28. The Bertz CT molecular complexity index is 511. The van der Waals surface area contributed by atoms with E-state index in [1.165, 1.54) is 6.42 Å². The molecular weight excluding hydrogens is 212 g/mol. The summed E-state index contributed by atoms with van der Waals surface area (Å²) in [7, 11) is 0. The van der Waals surface area contributed by atoms with E-state index in [-0.39, 0.29) is 5.92 Å². The molecule has 0 aromatic carbocycles. The molecule has 0 aliphatic heterocycles. The van der Waals surface area contributed by atoms with E-state index in [0.717, 1.165) is 37.0 Å². The normalized spacial score (nSPS) is 20.9. The number of fused-ring (bicyclic) bond motifs is 1. The van der Waals surface area contributed by atoms with Crippen molar-refractivity contribution in [2.45, 2.75) is 32.1 Å². The number of hydrogen-bond donors (Lipinski definition) is 0. The van der Waals surface area contributed by atoms with E-state index in [4.69, 9.17) is 0 Å². The molecule has 1 atom stereocenters. The Kier molecular flexibility index (Phi) is 2.67. The lowest BCUT2D eigenvalue weighted by Gasteiger charge is -2.19. The van der Waals surface area contributed by atoms with E-state index in [0.29, 0.717) is 5.78 Å². The number of imidazole rings is 1. The van der Waals surface area contributed by atoms with E-state index in [9.17, 15) is 4.79 Å². The Morgan fingerprint density at radius 2 is 2.29 bits per heavy atom. The summed E-state index contributed by atoms with van der Waals surface area (Å²) < 4.78 is 2.02. The van der Waals surface area contributed by atoms with E-state index in [2.05, 4.69) is 4.98 Å². The number of hydrogen-bond acceptors (Lipinski definition) is 2. The predicted octanol–water partition coefficient (Wildman–Crippen LogP) is 2.64. The molecule has 0 radical (unpaired) electrons. The van der Waals surface area contributed by atoms with Crippen LogP contribution in [-0.4, -0.2) is 15.2 Å². The van der Waals surface area contributed by atoms with E-state index >= 15 is 0 Å². The van der Waals surface area contributed by atoms with E-state index in [1.807, 2.05) is 35.0 Å². The van der Waals surface area contributed by atoms with E-state index < -0.39 is 0 Å². The molecule has 2 heterocycles. The summed E-state index contributed by atoms with van der Waals surface area (Å²) in [4.78, 5) is 16.3. The number of ketones is 1. The summed E-state index contributed by atoms with van der Waals surface area (Å²) in [6.07, 6.45) is 8.89. The van der Waals surface area contributed by atoms with Crippen LogP contribution in [0.4, 0.5) is 0 Å². The van der Waals surface area contributed by atoms with Crippen molar-refractivity contribution in [2.75, 3.05) is 0 Å². The highest BCUT2D eigenvalue weighted by Crippen LogP contribution is 2.23. The average Bonchev–Trinajstić information content (AvgIpc) is 2.74. The number of Topliss-reactive ketones (excluding diaryl/α,β-unsaturated/α-hetero) is 1. The van der Waals surface area contributed by atoms with Crippen LogP contribution in [0.2, 0.25) is 0 Å². The van der Waals surface area contributed by atoms with Crippen LogP contribution >= 0.6 is 0 Å². The van der Waals surface area contributed by atoms with Crippen molar-refractivity contribution in [1.82, 2.24) is 9.38 Å². The molecule has 0 N–H and O–H groups in total. The van der Waals surface area contributed by atoms with Crippen molar-refractivity contribution >= 4 is 11.4 Å². The van der Waals surface area contributed by atoms with Gasteiger partial charge in [-0.2, -0.15) is 0 Å². The van der Waals surface area contributed by atoms with Gasteiger partial charge in [-0.25, -0.2) is 4.98 Å². The molecule has 3 rings (SSSR count). The first kappa shape index (κ1) is 10.5. The van der Waals surface area contributed by atoms with Crippen LogP contribution in [0.15, 0.2) is 30.6 Å². The minimum absolute atomic E-state index is 0.202. The minimum Gasteiger partial charge on any atom is -0.307 e. The van der Waals surface area contributed by atoms with Crippen LogP contribution in [0.25, 0.3) is 5.65 Å². The standard InChI is InChI=1S/C14H16N2O/c17-13-6-2-1-5-11(13)9-12-10-16-8-4-3-7-14(16)15-12/h3-4,7-8,10-11H,1-2,5-6,9H2. The summed E-state index contributed by atoms with van der Waals surface area (Å²) in [6, 6.07) is 5.97. The third kappa shape index (κ3) is 2.09. The highest BCUT2D eigenvalue weighted by molar-refractivity contribution is 5.81. The molecule has 88 valence electrons. The Balaban J connectivity index is 1.82. The second-order valence-electron chi connectivity index (χ2n) is 4.81. The van der Waals surface area contributed by atoms with Gasteiger partial charge in [-0.05, 0) is 25.0 Å². The lowest BCUT2D eigenvalue weighted by atomic mass is 9.85. The molecule has 2 aromatic heterocycles. The summed E-state index contributed by atoms with van der Waals surface area (Å²) >= 11 is 0. The monoisotopic (exact) mass is 228 g/mol. The van der Waals surface area contributed by atoms with E-state index in [1.54, 1.807) is 0 Å². The highest BCUT2D eigenvalue weighted by atomic mass is 16.1. The zero-order chi connectivity index (χ0) is 11.7. The third-order valence-electron chi connectivity index (χ3n) is 3.55. The lowest BCUT2D eigenvalue weighted by molar-refractivity contribution is -0.124. The minimum atomic E-state index is 0.202. The van der Waals surface area contributed by atoms with Crippen molar-refractivity contribution in [2.24, 2.45) is 5.92 Å². The fourth-order valence-corrected chi connectivity index (χ4v) is 2.61. The van der Waals surface area contributed by atoms with Crippen molar-refractivity contribution in [3.05, 3.63) is 36.3 Å². The van der Waals surface area contributed by atoms with Crippen LogP contribution in [0.3, 0.4) is 0 Å². The molecule has 0 bridgehead atoms. The lowest BCUT2D eigenvalue weighted by Crippen LogP contribution is -2.21. The largest absolute Gasteiger partial charge is 0.307 e. The SMILES string of the molecule is O=C1CCCCC1Cc1cn2ccccc2n1. The van der Waals surface area contributed by atoms with Crippen molar-refractivity contribution in [3.63, 3.8) is 0 Å². The molecule has 17 heavy (non-hydrogen) atoms. The Morgan fingerprint density at radius 3 is 3.12 bits per heavy atom. The molecule has 0 saturated heterocycles. The quantitative estimate of drug-likeness (QED) is 0.792. The molecule has 3 nitrogen and oxygen atoms in total. The topological polar surface area (TPSA) is 34.4 Å². The molecular formula is C14H16N2O. The van der Waals surface area contributed by atoms with Crippen molar-refractivity contribution in [3.8, 4) is 0 Å². The Labute approximate surface area is 100 Å². The van der Waals surface area contributed by atoms with Crippen LogP contribution < -0.4 is 0 Å². The van der Waals surface area contributed by atoms with Gasteiger partial charge in [0.1, 0.15) is 11.4 Å². The number of rotatable bonds is 2. The maximum atomic E-state index is 11.8. The van der Waals surface area contributed by atoms with Gasteiger partial charge in [0.15, 0.2) is 0 Å². The maximum absolute atomic E-state index is 11.8. The molecule has 1 saturated carbocycles. The van der Waals surface area contributed by atoms with Gasteiger partial charge < -0.3 is 4.40 Å². The summed E-state index contributed by atoms with van der Waals surface area (Å²) in [6.45, 7) is 0. The predicted molar refractivity (Wildman–Crippen MR) is 65.9 cm³/mol. The summed E-state index contributed by atoms with van der Waals surface area (Å²) in [5.74, 6) is 0.627. The number of carbonyl (C=O) groups excluding carboxylic acids is 1. The van der Waals surface area contributed by atoms with Gasteiger partial charge in [-0.3, -0.25) is 4.79 Å². The fraction of sp³-hybridized carbons (Fsp3) is 0.429. The van der Waals surface area contributed by atoms with Crippen molar-refractivity contribution in [1.29, 1.82) is 0 Å². The molecule has 0 spiro atoms. The molecule has 3 heteroatoms. The second-order valence-corrected chi connectivity index (χ2v) is 4.81. The average molecular weight is 228 g/mol. The number of carbonyl (C=O) groups is 1. The van der Waals surface area contributed by atoms with Gasteiger partial charge in [0.2, 0.25) is 0 Å².